The van der Waals surface area contributed by atoms with Gasteiger partial charge in [-0.05, 0) is 33.1 Å². The summed E-state index contributed by atoms with van der Waals surface area (Å²) in [7, 11) is 1.65. The maximum absolute atomic E-state index is 5.27. The largest absolute Gasteiger partial charge is 0.297 e. The highest BCUT2D eigenvalue weighted by molar-refractivity contribution is 4.89. The van der Waals surface area contributed by atoms with Crippen molar-refractivity contribution in [2.75, 3.05) is 7.11 Å². The van der Waals surface area contributed by atoms with Gasteiger partial charge in [-0.25, -0.2) is 9.78 Å². The van der Waals surface area contributed by atoms with Gasteiger partial charge >= 0.3 is 0 Å². The minimum absolute atomic E-state index is 0.387. The number of rotatable bonds is 1. The van der Waals surface area contributed by atoms with E-state index in [0.29, 0.717) is 0 Å². The highest BCUT2D eigenvalue weighted by Gasteiger charge is 2.57. The molecule has 0 aromatic heterocycles. The maximum atomic E-state index is 5.27. The quantitative estimate of drug-likeness (QED) is 0.561. The Morgan fingerprint density at radius 3 is 2.00 bits per heavy atom. The Kier molecular flexibility index (Phi) is 1.70. The summed E-state index contributed by atoms with van der Waals surface area (Å²) in [5.41, 5.74) is -0.774. The molecule has 2 bridgehead atoms. The van der Waals surface area contributed by atoms with Gasteiger partial charge in [-0.3, -0.25) is 4.84 Å². The molecule has 0 spiro atoms. The van der Waals surface area contributed by atoms with Crippen LogP contribution in [0.5, 0.6) is 0 Å². The van der Waals surface area contributed by atoms with Crippen molar-refractivity contribution in [2.45, 2.75) is 44.6 Å². The average molecular weight is 173 g/mol. The first-order valence-electron chi connectivity index (χ1n) is 4.32. The first kappa shape index (κ1) is 8.44. The van der Waals surface area contributed by atoms with E-state index in [9.17, 15) is 0 Å². The normalized spacial score (nSPS) is 48.2. The predicted octanol–water partition coefficient (Wildman–Crippen LogP) is 1.43. The summed E-state index contributed by atoms with van der Waals surface area (Å²) < 4.78 is 0. The maximum Gasteiger partial charge on any atom is 0.178 e. The fourth-order valence-corrected chi connectivity index (χ4v) is 2.16. The number of hydrogen-bond donors (Lipinski definition) is 0. The van der Waals surface area contributed by atoms with Crippen molar-refractivity contribution < 1.29 is 14.6 Å². The molecule has 0 aromatic rings. The second-order valence-corrected chi connectivity index (χ2v) is 3.85. The highest BCUT2D eigenvalue weighted by Crippen LogP contribution is 2.46. The van der Waals surface area contributed by atoms with Gasteiger partial charge in [0.25, 0.3) is 0 Å². The minimum Gasteiger partial charge on any atom is -0.297 e. The van der Waals surface area contributed by atoms with Gasteiger partial charge in [-0.15, -0.1) is 5.06 Å². The molecule has 70 valence electrons. The van der Waals surface area contributed by atoms with Crippen LogP contribution in [0.25, 0.3) is 0 Å². The van der Waals surface area contributed by atoms with Gasteiger partial charge in [0.2, 0.25) is 0 Å². The third kappa shape index (κ3) is 0.925. The van der Waals surface area contributed by atoms with E-state index >= 15 is 0 Å². The van der Waals surface area contributed by atoms with E-state index in [1.54, 1.807) is 7.11 Å². The molecule has 2 atom stereocenters. The van der Waals surface area contributed by atoms with Gasteiger partial charge < -0.3 is 0 Å². The van der Waals surface area contributed by atoms with Crippen LogP contribution < -0.4 is 0 Å². The summed E-state index contributed by atoms with van der Waals surface area (Å²) in [6.45, 7) is 3.97. The van der Waals surface area contributed by atoms with Crippen LogP contribution >= 0.6 is 0 Å². The van der Waals surface area contributed by atoms with Crippen molar-refractivity contribution in [2.24, 2.45) is 0 Å². The summed E-state index contributed by atoms with van der Waals surface area (Å²) in [4.78, 5) is 15.8. The molecular weight excluding hydrogens is 158 g/mol. The summed E-state index contributed by atoms with van der Waals surface area (Å²) >= 11 is 0. The SMILES string of the molecule is CON1[C@@]2(C)CCC[C@]1(C)OO2. The standard InChI is InChI=1S/C8H15NO3/c1-7-5-4-6-8(2,12-11-7)9(7)10-3/h4-6H2,1-3H3/t7-,8+. The van der Waals surface area contributed by atoms with E-state index in [2.05, 4.69) is 0 Å². The molecular formula is C8H15NO3. The Balaban J connectivity index is 2.28. The van der Waals surface area contributed by atoms with Gasteiger partial charge in [0.15, 0.2) is 11.4 Å². The molecule has 0 radical (unpaired) electrons. The summed E-state index contributed by atoms with van der Waals surface area (Å²) in [6.07, 6.45) is 3.03. The molecule has 2 saturated heterocycles. The molecule has 2 fully saturated rings. The van der Waals surface area contributed by atoms with Gasteiger partial charge in [0.05, 0.1) is 7.11 Å². The summed E-state index contributed by atoms with van der Waals surface area (Å²) in [5.74, 6) is 0. The third-order valence-electron chi connectivity index (χ3n) is 2.72. The first-order valence-corrected chi connectivity index (χ1v) is 4.32. The molecule has 4 heteroatoms. The molecule has 12 heavy (non-hydrogen) atoms. The lowest BCUT2D eigenvalue weighted by Gasteiger charge is -2.39. The highest BCUT2D eigenvalue weighted by atomic mass is 17.3. The zero-order chi connectivity index (χ0) is 8.82. The molecule has 2 aliphatic rings. The number of piperidine rings is 1. The molecule has 0 aliphatic carbocycles. The molecule has 0 unspecified atom stereocenters. The van der Waals surface area contributed by atoms with E-state index in [1.807, 2.05) is 18.9 Å². The Bertz CT molecular complexity index is 181. The van der Waals surface area contributed by atoms with Gasteiger partial charge in [-0.1, -0.05) is 0 Å². The van der Waals surface area contributed by atoms with Gasteiger partial charge in [0, 0.05) is 0 Å². The van der Waals surface area contributed by atoms with Crippen molar-refractivity contribution >= 4 is 0 Å². The van der Waals surface area contributed by atoms with E-state index in [-0.39, 0.29) is 11.4 Å². The molecule has 2 heterocycles. The van der Waals surface area contributed by atoms with Crippen LogP contribution in [-0.2, 0) is 14.6 Å². The van der Waals surface area contributed by atoms with E-state index in [4.69, 9.17) is 14.6 Å². The number of nitrogens with zero attached hydrogens (tertiary/aromatic N) is 1. The monoisotopic (exact) mass is 173 g/mol. The van der Waals surface area contributed by atoms with Crippen LogP contribution in [-0.4, -0.2) is 23.6 Å². The second kappa shape index (κ2) is 2.42. The minimum atomic E-state index is -0.387. The van der Waals surface area contributed by atoms with Crippen LogP contribution in [0.3, 0.4) is 0 Å². The Morgan fingerprint density at radius 1 is 1.17 bits per heavy atom. The lowest BCUT2D eigenvalue weighted by Crippen LogP contribution is -2.54. The zero-order valence-electron chi connectivity index (χ0n) is 7.79. The van der Waals surface area contributed by atoms with Gasteiger partial charge in [0.1, 0.15) is 0 Å². The van der Waals surface area contributed by atoms with Crippen LogP contribution in [0.1, 0.15) is 33.1 Å². The number of hydrogen-bond acceptors (Lipinski definition) is 4. The molecule has 2 aliphatic heterocycles. The van der Waals surface area contributed by atoms with E-state index in [1.165, 1.54) is 0 Å². The topological polar surface area (TPSA) is 30.9 Å². The fourth-order valence-electron chi connectivity index (χ4n) is 2.16. The Hall–Kier alpha value is -0.160. The second-order valence-electron chi connectivity index (χ2n) is 3.85. The van der Waals surface area contributed by atoms with Crippen LogP contribution in [0.15, 0.2) is 0 Å². The van der Waals surface area contributed by atoms with Crippen molar-refractivity contribution in [1.29, 1.82) is 0 Å². The fraction of sp³-hybridized carbons (Fsp3) is 1.00. The zero-order valence-corrected chi connectivity index (χ0v) is 7.79. The predicted molar refractivity (Wildman–Crippen MR) is 41.7 cm³/mol. The molecule has 0 N–H and O–H groups in total. The van der Waals surface area contributed by atoms with E-state index < -0.39 is 0 Å². The molecule has 0 aromatic carbocycles. The third-order valence-corrected chi connectivity index (χ3v) is 2.72. The van der Waals surface area contributed by atoms with Crippen molar-refractivity contribution in [3.63, 3.8) is 0 Å². The van der Waals surface area contributed by atoms with Crippen LogP contribution in [0, 0.1) is 0 Å². The molecule has 2 rings (SSSR count). The lowest BCUT2D eigenvalue weighted by molar-refractivity contribution is -0.337. The molecule has 4 nitrogen and oxygen atoms in total. The molecule has 0 saturated carbocycles. The number of fused-ring (bicyclic) bond motifs is 2. The van der Waals surface area contributed by atoms with Crippen molar-refractivity contribution in [3.05, 3.63) is 0 Å². The number of hydroxylamine groups is 2. The van der Waals surface area contributed by atoms with Crippen molar-refractivity contribution in [3.8, 4) is 0 Å². The first-order chi connectivity index (χ1) is 5.61. The van der Waals surface area contributed by atoms with Crippen LogP contribution in [0.2, 0.25) is 0 Å². The lowest BCUT2D eigenvalue weighted by atomic mass is 9.95. The van der Waals surface area contributed by atoms with Crippen molar-refractivity contribution in [1.82, 2.24) is 5.06 Å². The summed E-state index contributed by atoms with van der Waals surface area (Å²) in [5, 5.41) is 1.81. The molecule has 0 amide bonds. The average Bonchev–Trinajstić information content (AvgIpc) is 2.14. The Morgan fingerprint density at radius 2 is 1.67 bits per heavy atom. The van der Waals surface area contributed by atoms with Crippen LogP contribution in [0.4, 0.5) is 0 Å². The summed E-state index contributed by atoms with van der Waals surface area (Å²) in [6, 6.07) is 0. The Labute approximate surface area is 72.3 Å². The van der Waals surface area contributed by atoms with E-state index in [0.717, 1.165) is 19.3 Å². The smallest absolute Gasteiger partial charge is 0.178 e. The van der Waals surface area contributed by atoms with Gasteiger partial charge in [-0.2, -0.15) is 0 Å².